The van der Waals surface area contributed by atoms with E-state index in [-0.39, 0.29) is 41.7 Å². The second-order valence-electron chi connectivity index (χ2n) is 7.91. The number of aliphatic imine (C=N–C) groups is 1. The normalized spacial score (nSPS) is 21.3. The highest BCUT2D eigenvalue weighted by molar-refractivity contribution is 14.0. The van der Waals surface area contributed by atoms with E-state index in [9.17, 15) is 0 Å². The Hall–Kier alpha value is -0.160. The Labute approximate surface area is 189 Å². The van der Waals surface area contributed by atoms with Crippen LogP contribution in [0.15, 0.2) is 4.99 Å². The molecule has 1 fully saturated rings. The molecule has 2 atom stereocenters. The third-order valence-corrected chi connectivity index (χ3v) is 4.74. The summed E-state index contributed by atoms with van der Waals surface area (Å²) < 4.78 is 16.9. The lowest BCUT2D eigenvalue weighted by molar-refractivity contribution is -0.0946. The van der Waals surface area contributed by atoms with Crippen molar-refractivity contribution in [1.82, 2.24) is 15.5 Å². The third-order valence-electron chi connectivity index (χ3n) is 4.74. The summed E-state index contributed by atoms with van der Waals surface area (Å²) in [7, 11) is 1.80. The van der Waals surface area contributed by atoms with Crippen LogP contribution in [0.3, 0.4) is 0 Å². The number of hydrogen-bond acceptors (Lipinski definition) is 5. The predicted molar refractivity (Wildman–Crippen MR) is 127 cm³/mol. The summed E-state index contributed by atoms with van der Waals surface area (Å²) in [5.41, 5.74) is 0.0241. The van der Waals surface area contributed by atoms with Gasteiger partial charge in [0.05, 0.1) is 32.0 Å². The first kappa shape index (κ1) is 27.8. The van der Waals surface area contributed by atoms with Gasteiger partial charge < -0.3 is 24.8 Å². The topological polar surface area (TPSA) is 67.4 Å². The zero-order valence-electron chi connectivity index (χ0n) is 18.8. The molecule has 0 bridgehead atoms. The molecule has 28 heavy (non-hydrogen) atoms. The molecule has 0 aromatic heterocycles. The molecular weight excluding hydrogens is 471 g/mol. The van der Waals surface area contributed by atoms with Crippen LogP contribution < -0.4 is 10.6 Å². The van der Waals surface area contributed by atoms with Crippen LogP contribution in [0.4, 0.5) is 0 Å². The Morgan fingerprint density at radius 3 is 2.25 bits per heavy atom. The van der Waals surface area contributed by atoms with Crippen LogP contribution in [0, 0.1) is 0 Å². The van der Waals surface area contributed by atoms with Gasteiger partial charge in [-0.3, -0.25) is 9.89 Å². The molecule has 2 unspecified atom stereocenters. The van der Waals surface area contributed by atoms with E-state index < -0.39 is 0 Å². The van der Waals surface area contributed by atoms with Crippen LogP contribution >= 0.6 is 24.0 Å². The minimum atomic E-state index is 0. The summed E-state index contributed by atoms with van der Waals surface area (Å²) in [6, 6.07) is 0. The monoisotopic (exact) mass is 514 g/mol. The lowest BCUT2D eigenvalue weighted by atomic mass is 10.00. The van der Waals surface area contributed by atoms with Crippen molar-refractivity contribution in [3.05, 3.63) is 0 Å². The number of halogens is 1. The molecule has 0 amide bonds. The number of nitrogens with zero attached hydrogens (tertiary/aromatic N) is 2. The van der Waals surface area contributed by atoms with E-state index in [2.05, 4.69) is 55.1 Å². The van der Waals surface area contributed by atoms with Crippen molar-refractivity contribution in [2.75, 3.05) is 59.7 Å². The van der Waals surface area contributed by atoms with Crippen LogP contribution in [-0.2, 0) is 14.2 Å². The average molecular weight is 514 g/mol. The standard InChI is InChI=1S/C20H42N4O3.HI/c1-7-8-10-25-12-13-26-11-9-22-19(21-6)23-16-20(4,5)24-14-17(2)27-18(3)15-24;/h17-18H,7-16H2,1-6H3,(H2,21,22,23);1H. The Bertz CT molecular complexity index is 414. The van der Waals surface area contributed by atoms with Crippen LogP contribution in [-0.4, -0.2) is 88.3 Å². The van der Waals surface area contributed by atoms with E-state index in [0.717, 1.165) is 51.6 Å². The van der Waals surface area contributed by atoms with Crippen molar-refractivity contribution < 1.29 is 14.2 Å². The molecule has 0 spiro atoms. The molecular formula is C20H43IN4O3. The lowest BCUT2D eigenvalue weighted by Gasteiger charge is -2.45. The molecule has 1 rings (SSSR count). The highest BCUT2D eigenvalue weighted by Crippen LogP contribution is 2.20. The van der Waals surface area contributed by atoms with Crippen molar-refractivity contribution in [3.63, 3.8) is 0 Å². The lowest BCUT2D eigenvalue weighted by Crippen LogP contribution is -2.59. The van der Waals surface area contributed by atoms with Crippen molar-refractivity contribution in [2.45, 2.75) is 65.2 Å². The molecule has 7 nitrogen and oxygen atoms in total. The van der Waals surface area contributed by atoms with Gasteiger partial charge in [-0.25, -0.2) is 0 Å². The van der Waals surface area contributed by atoms with Gasteiger partial charge in [-0.15, -0.1) is 24.0 Å². The average Bonchev–Trinajstić information content (AvgIpc) is 2.62. The molecule has 1 aliphatic heterocycles. The van der Waals surface area contributed by atoms with Crippen molar-refractivity contribution >= 4 is 29.9 Å². The molecule has 0 aromatic carbocycles. The fourth-order valence-corrected chi connectivity index (χ4v) is 3.11. The molecule has 0 saturated carbocycles. The summed E-state index contributed by atoms with van der Waals surface area (Å²) in [5.74, 6) is 0.806. The number of hydrogen-bond donors (Lipinski definition) is 2. The first-order valence-electron chi connectivity index (χ1n) is 10.4. The van der Waals surface area contributed by atoms with Crippen LogP contribution in [0.25, 0.3) is 0 Å². The van der Waals surface area contributed by atoms with Gasteiger partial charge in [0, 0.05) is 45.4 Å². The summed E-state index contributed by atoms with van der Waals surface area (Å²) in [5, 5.41) is 6.74. The van der Waals surface area contributed by atoms with Crippen molar-refractivity contribution in [1.29, 1.82) is 0 Å². The Balaban J connectivity index is 0.00000729. The quantitative estimate of drug-likeness (QED) is 0.181. The van der Waals surface area contributed by atoms with Crippen molar-refractivity contribution in [3.8, 4) is 0 Å². The Morgan fingerprint density at radius 1 is 1.07 bits per heavy atom. The molecule has 8 heteroatoms. The summed E-state index contributed by atoms with van der Waals surface area (Å²) >= 11 is 0. The maximum Gasteiger partial charge on any atom is 0.191 e. The van der Waals surface area contributed by atoms with E-state index in [0.29, 0.717) is 19.8 Å². The van der Waals surface area contributed by atoms with Gasteiger partial charge in [0.15, 0.2) is 5.96 Å². The minimum Gasteiger partial charge on any atom is -0.379 e. The third kappa shape index (κ3) is 11.7. The SMILES string of the molecule is CCCCOCCOCCNC(=NC)NCC(C)(C)N1CC(C)OC(C)C1.I. The smallest absolute Gasteiger partial charge is 0.191 e. The molecule has 1 aliphatic rings. The molecule has 2 N–H and O–H groups in total. The Kier molecular flexibility index (Phi) is 15.6. The zero-order chi connectivity index (χ0) is 20.1. The predicted octanol–water partition coefficient (Wildman–Crippen LogP) is 2.49. The van der Waals surface area contributed by atoms with E-state index in [1.165, 1.54) is 0 Å². The fraction of sp³-hybridized carbons (Fsp3) is 0.950. The van der Waals surface area contributed by atoms with Gasteiger partial charge in [-0.1, -0.05) is 13.3 Å². The molecule has 1 saturated heterocycles. The van der Waals surface area contributed by atoms with Gasteiger partial charge in [-0.2, -0.15) is 0 Å². The van der Waals surface area contributed by atoms with Crippen LogP contribution in [0.1, 0.15) is 47.5 Å². The molecule has 0 radical (unpaired) electrons. The van der Waals surface area contributed by atoms with Crippen LogP contribution in [0.5, 0.6) is 0 Å². The van der Waals surface area contributed by atoms with Gasteiger partial charge in [0.1, 0.15) is 0 Å². The van der Waals surface area contributed by atoms with Crippen LogP contribution in [0.2, 0.25) is 0 Å². The van der Waals surface area contributed by atoms with Gasteiger partial charge >= 0.3 is 0 Å². The van der Waals surface area contributed by atoms with E-state index >= 15 is 0 Å². The van der Waals surface area contributed by atoms with Gasteiger partial charge in [-0.05, 0) is 34.1 Å². The second kappa shape index (κ2) is 15.6. The highest BCUT2D eigenvalue weighted by Gasteiger charge is 2.33. The van der Waals surface area contributed by atoms with E-state index in [4.69, 9.17) is 14.2 Å². The first-order chi connectivity index (χ1) is 12.9. The fourth-order valence-electron chi connectivity index (χ4n) is 3.11. The number of guanidine groups is 1. The summed E-state index contributed by atoms with van der Waals surface area (Å²) in [6.45, 7) is 17.2. The second-order valence-corrected chi connectivity index (χ2v) is 7.91. The number of ether oxygens (including phenoxy) is 3. The number of morpholine rings is 1. The van der Waals surface area contributed by atoms with Gasteiger partial charge in [0.25, 0.3) is 0 Å². The molecule has 168 valence electrons. The zero-order valence-corrected chi connectivity index (χ0v) is 21.1. The minimum absolute atomic E-state index is 0. The number of rotatable bonds is 12. The summed E-state index contributed by atoms with van der Waals surface area (Å²) in [6.07, 6.45) is 2.82. The van der Waals surface area contributed by atoms with E-state index in [1.807, 2.05) is 0 Å². The Morgan fingerprint density at radius 2 is 1.68 bits per heavy atom. The molecule has 1 heterocycles. The first-order valence-corrected chi connectivity index (χ1v) is 10.4. The largest absolute Gasteiger partial charge is 0.379 e. The van der Waals surface area contributed by atoms with Crippen molar-refractivity contribution in [2.24, 2.45) is 4.99 Å². The maximum atomic E-state index is 5.85. The summed E-state index contributed by atoms with van der Waals surface area (Å²) in [4.78, 5) is 6.80. The molecule has 0 aromatic rings. The van der Waals surface area contributed by atoms with E-state index in [1.54, 1.807) is 7.05 Å². The molecule has 0 aliphatic carbocycles. The number of nitrogens with one attached hydrogen (secondary N) is 2. The number of unbranched alkanes of at least 4 members (excludes halogenated alkanes) is 1. The highest BCUT2D eigenvalue weighted by atomic mass is 127. The maximum absolute atomic E-state index is 5.85. The van der Waals surface area contributed by atoms with Gasteiger partial charge in [0.2, 0.25) is 0 Å².